The smallest absolute Gasteiger partial charge is 0.137 e. The summed E-state index contributed by atoms with van der Waals surface area (Å²) >= 11 is 3.51. The van der Waals surface area contributed by atoms with Crippen LogP contribution in [0, 0.1) is 6.92 Å². The number of nitrogens with two attached hydrogens (primary N) is 1. The second-order valence-corrected chi connectivity index (χ2v) is 5.76. The van der Waals surface area contributed by atoms with Crippen molar-refractivity contribution >= 4 is 15.9 Å². The zero-order chi connectivity index (χ0) is 14.5. The van der Waals surface area contributed by atoms with E-state index in [-0.39, 0.29) is 6.04 Å². The largest absolute Gasteiger partial charge is 0.492 e. The molecule has 1 aromatic heterocycles. The highest BCUT2D eigenvalue weighted by molar-refractivity contribution is 9.10. The lowest BCUT2D eigenvalue weighted by atomic mass is 9.99. The van der Waals surface area contributed by atoms with Crippen LogP contribution in [0.1, 0.15) is 36.1 Å². The second kappa shape index (κ2) is 6.86. The highest BCUT2D eigenvalue weighted by Gasteiger charge is 2.11. The Hall–Kier alpha value is -1.39. The minimum Gasteiger partial charge on any atom is -0.492 e. The van der Waals surface area contributed by atoms with Gasteiger partial charge < -0.3 is 10.5 Å². The average molecular weight is 335 g/mol. The monoisotopic (exact) mass is 334 g/mol. The van der Waals surface area contributed by atoms with Crippen LogP contribution in [0.2, 0.25) is 0 Å². The first-order chi connectivity index (χ1) is 9.60. The molecule has 106 valence electrons. The number of halogens is 1. The Balaban J connectivity index is 2.25. The summed E-state index contributed by atoms with van der Waals surface area (Å²) in [4.78, 5) is 4.21. The summed E-state index contributed by atoms with van der Waals surface area (Å²) in [5.74, 6) is 0.770. The van der Waals surface area contributed by atoms with E-state index in [1.54, 1.807) is 12.4 Å². The summed E-state index contributed by atoms with van der Waals surface area (Å²) in [6.07, 6.45) is 4.48. The number of pyridine rings is 1. The van der Waals surface area contributed by atoms with Gasteiger partial charge in [-0.05, 0) is 48.2 Å². The Morgan fingerprint density at radius 3 is 2.70 bits per heavy atom. The molecule has 2 rings (SSSR count). The van der Waals surface area contributed by atoms with Gasteiger partial charge in [0.25, 0.3) is 0 Å². The van der Waals surface area contributed by atoms with Crippen LogP contribution in [0.25, 0.3) is 0 Å². The molecule has 0 fully saturated rings. The van der Waals surface area contributed by atoms with Crippen molar-refractivity contribution < 1.29 is 4.74 Å². The zero-order valence-electron chi connectivity index (χ0n) is 11.8. The fraction of sp³-hybridized carbons (Fsp3) is 0.312. The molecular weight excluding hydrogens is 316 g/mol. The summed E-state index contributed by atoms with van der Waals surface area (Å²) in [5, 5.41) is 0. The Labute approximate surface area is 128 Å². The number of aromatic nitrogens is 1. The summed E-state index contributed by atoms with van der Waals surface area (Å²) < 4.78 is 6.64. The van der Waals surface area contributed by atoms with Crippen LogP contribution in [0.5, 0.6) is 5.75 Å². The maximum absolute atomic E-state index is 6.34. The van der Waals surface area contributed by atoms with E-state index in [0.29, 0.717) is 6.61 Å². The SMILES string of the molecule is CCCOc1cncc(C(N)c2cc(C)cc(Br)c2)c1. The number of hydrogen-bond acceptors (Lipinski definition) is 3. The molecule has 0 amide bonds. The van der Waals surface area contributed by atoms with E-state index in [9.17, 15) is 0 Å². The summed E-state index contributed by atoms with van der Waals surface area (Å²) in [7, 11) is 0. The van der Waals surface area contributed by atoms with Gasteiger partial charge >= 0.3 is 0 Å². The number of ether oxygens (including phenoxy) is 1. The minimum atomic E-state index is -0.205. The first-order valence-electron chi connectivity index (χ1n) is 6.70. The van der Waals surface area contributed by atoms with E-state index in [4.69, 9.17) is 10.5 Å². The zero-order valence-corrected chi connectivity index (χ0v) is 13.4. The van der Waals surface area contributed by atoms with Gasteiger partial charge in [-0.15, -0.1) is 0 Å². The van der Waals surface area contributed by atoms with Crippen molar-refractivity contribution in [1.29, 1.82) is 0 Å². The molecule has 0 aliphatic heterocycles. The van der Waals surface area contributed by atoms with Crippen molar-refractivity contribution in [3.05, 3.63) is 57.8 Å². The van der Waals surface area contributed by atoms with E-state index in [2.05, 4.69) is 46.9 Å². The van der Waals surface area contributed by atoms with E-state index in [0.717, 1.165) is 27.8 Å². The molecule has 1 aromatic carbocycles. The summed E-state index contributed by atoms with van der Waals surface area (Å²) in [5.41, 5.74) is 9.53. The lowest BCUT2D eigenvalue weighted by Gasteiger charge is -2.15. The van der Waals surface area contributed by atoms with Crippen LogP contribution >= 0.6 is 15.9 Å². The maximum Gasteiger partial charge on any atom is 0.137 e. The van der Waals surface area contributed by atoms with Gasteiger partial charge in [-0.2, -0.15) is 0 Å². The molecule has 20 heavy (non-hydrogen) atoms. The molecule has 0 saturated carbocycles. The first-order valence-corrected chi connectivity index (χ1v) is 7.50. The predicted octanol–water partition coefficient (Wildman–Crippen LogP) is 3.99. The molecule has 0 spiro atoms. The van der Waals surface area contributed by atoms with Crippen LogP contribution < -0.4 is 10.5 Å². The van der Waals surface area contributed by atoms with Crippen molar-refractivity contribution in [3.63, 3.8) is 0 Å². The topological polar surface area (TPSA) is 48.1 Å². The van der Waals surface area contributed by atoms with Crippen LogP contribution in [0.15, 0.2) is 41.1 Å². The number of nitrogens with zero attached hydrogens (tertiary/aromatic N) is 1. The van der Waals surface area contributed by atoms with Crippen molar-refractivity contribution in [2.45, 2.75) is 26.3 Å². The van der Waals surface area contributed by atoms with Gasteiger partial charge in [0.2, 0.25) is 0 Å². The Morgan fingerprint density at radius 1 is 1.20 bits per heavy atom. The molecule has 0 aliphatic rings. The lowest BCUT2D eigenvalue weighted by Crippen LogP contribution is -2.12. The van der Waals surface area contributed by atoms with Gasteiger partial charge in [-0.1, -0.05) is 28.9 Å². The fourth-order valence-electron chi connectivity index (χ4n) is 2.04. The van der Waals surface area contributed by atoms with Crippen molar-refractivity contribution in [2.24, 2.45) is 5.73 Å². The molecular formula is C16H19BrN2O. The molecule has 2 N–H and O–H groups in total. The van der Waals surface area contributed by atoms with E-state index >= 15 is 0 Å². The fourth-order valence-corrected chi connectivity index (χ4v) is 2.67. The van der Waals surface area contributed by atoms with Crippen LogP contribution in [0.3, 0.4) is 0 Å². The van der Waals surface area contributed by atoms with Gasteiger partial charge in [0.05, 0.1) is 18.8 Å². The summed E-state index contributed by atoms with van der Waals surface area (Å²) in [6.45, 7) is 4.82. The van der Waals surface area contributed by atoms with Gasteiger partial charge in [-0.3, -0.25) is 4.98 Å². The van der Waals surface area contributed by atoms with E-state index in [1.807, 2.05) is 12.1 Å². The van der Waals surface area contributed by atoms with Gasteiger partial charge in [0.15, 0.2) is 0 Å². The Kier molecular flexibility index (Phi) is 5.15. The molecule has 1 heterocycles. The van der Waals surface area contributed by atoms with Gasteiger partial charge in [0.1, 0.15) is 5.75 Å². The van der Waals surface area contributed by atoms with Gasteiger partial charge in [0, 0.05) is 10.7 Å². The van der Waals surface area contributed by atoms with Crippen LogP contribution in [-0.4, -0.2) is 11.6 Å². The molecule has 2 aromatic rings. The molecule has 1 atom stereocenters. The molecule has 4 heteroatoms. The number of rotatable bonds is 5. The normalized spacial score (nSPS) is 12.2. The third-order valence-electron chi connectivity index (χ3n) is 2.99. The second-order valence-electron chi connectivity index (χ2n) is 4.84. The van der Waals surface area contributed by atoms with Crippen LogP contribution in [0.4, 0.5) is 0 Å². The van der Waals surface area contributed by atoms with Crippen molar-refractivity contribution in [1.82, 2.24) is 4.98 Å². The summed E-state index contributed by atoms with van der Waals surface area (Å²) in [6, 6.07) is 7.95. The van der Waals surface area contributed by atoms with E-state index in [1.165, 1.54) is 5.56 Å². The molecule has 1 unspecified atom stereocenters. The molecule has 0 bridgehead atoms. The number of hydrogen-bond donors (Lipinski definition) is 1. The van der Waals surface area contributed by atoms with Crippen LogP contribution in [-0.2, 0) is 0 Å². The third kappa shape index (κ3) is 3.81. The lowest BCUT2D eigenvalue weighted by molar-refractivity contribution is 0.315. The van der Waals surface area contributed by atoms with Gasteiger partial charge in [-0.25, -0.2) is 0 Å². The average Bonchev–Trinajstić information content (AvgIpc) is 2.43. The predicted molar refractivity (Wildman–Crippen MR) is 84.9 cm³/mol. The minimum absolute atomic E-state index is 0.205. The van der Waals surface area contributed by atoms with Crippen molar-refractivity contribution in [2.75, 3.05) is 6.61 Å². The standard InChI is InChI=1S/C16H19BrN2O/c1-3-4-20-15-8-13(9-19-10-15)16(18)12-5-11(2)6-14(17)7-12/h5-10,16H,3-4,18H2,1-2H3. The molecule has 3 nitrogen and oxygen atoms in total. The Morgan fingerprint density at radius 2 is 2.00 bits per heavy atom. The highest BCUT2D eigenvalue weighted by atomic mass is 79.9. The maximum atomic E-state index is 6.34. The van der Waals surface area contributed by atoms with E-state index < -0.39 is 0 Å². The Bertz CT molecular complexity index is 566. The first kappa shape index (κ1) is 15.0. The highest BCUT2D eigenvalue weighted by Crippen LogP contribution is 2.25. The molecule has 0 saturated heterocycles. The quantitative estimate of drug-likeness (QED) is 0.899. The molecule has 0 radical (unpaired) electrons. The third-order valence-corrected chi connectivity index (χ3v) is 3.45. The van der Waals surface area contributed by atoms with Crippen molar-refractivity contribution in [3.8, 4) is 5.75 Å². The molecule has 0 aliphatic carbocycles. The number of benzene rings is 1. The number of aryl methyl sites for hydroxylation is 1.